The van der Waals surface area contributed by atoms with Crippen molar-refractivity contribution in [2.24, 2.45) is 0 Å². The van der Waals surface area contributed by atoms with E-state index in [-0.39, 0.29) is 18.1 Å². The van der Waals surface area contributed by atoms with Crippen LogP contribution in [0.5, 0.6) is 0 Å². The van der Waals surface area contributed by atoms with E-state index in [1.54, 1.807) is 6.20 Å². The normalized spacial score (nSPS) is 18.6. The Morgan fingerprint density at radius 2 is 1.90 bits per heavy atom. The van der Waals surface area contributed by atoms with E-state index < -0.39 is 9.84 Å². The van der Waals surface area contributed by atoms with Gasteiger partial charge < -0.3 is 10.0 Å². The first-order chi connectivity index (χ1) is 10.1. The molecule has 0 atom stereocenters. The van der Waals surface area contributed by atoms with Crippen molar-refractivity contribution in [3.63, 3.8) is 0 Å². The minimum absolute atomic E-state index is 0.0534. The van der Waals surface area contributed by atoms with Crippen LogP contribution in [0.25, 0.3) is 10.8 Å². The number of anilines is 1. The molecular formula is C15H18N2O3S. The number of rotatable bonds is 2. The number of benzene rings is 1. The molecule has 1 N–H and O–H groups in total. The van der Waals surface area contributed by atoms with Crippen molar-refractivity contribution in [1.29, 1.82) is 0 Å². The van der Waals surface area contributed by atoms with Gasteiger partial charge in [0.2, 0.25) is 0 Å². The number of fused-ring (bicyclic) bond motifs is 1. The van der Waals surface area contributed by atoms with E-state index in [1.807, 2.05) is 29.2 Å². The van der Waals surface area contributed by atoms with Crippen molar-refractivity contribution in [3.8, 4) is 0 Å². The molecular weight excluding hydrogens is 288 g/mol. The smallest absolute Gasteiger partial charge is 0.152 e. The van der Waals surface area contributed by atoms with Gasteiger partial charge in [0.15, 0.2) is 9.84 Å². The van der Waals surface area contributed by atoms with E-state index in [0.717, 1.165) is 22.2 Å². The maximum absolute atomic E-state index is 11.7. The highest BCUT2D eigenvalue weighted by Crippen LogP contribution is 2.28. The molecule has 6 heteroatoms. The van der Waals surface area contributed by atoms with Crippen LogP contribution in [0, 0.1) is 0 Å². The Labute approximate surface area is 124 Å². The van der Waals surface area contributed by atoms with Gasteiger partial charge in [0, 0.05) is 30.2 Å². The molecule has 2 aromatic rings. The fraction of sp³-hybridized carbons (Fsp3) is 0.400. The summed E-state index contributed by atoms with van der Waals surface area (Å²) in [4.78, 5) is 6.50. The lowest BCUT2D eigenvalue weighted by molar-refractivity contribution is 0.283. The summed E-state index contributed by atoms with van der Waals surface area (Å²) in [5, 5.41) is 11.3. The summed E-state index contributed by atoms with van der Waals surface area (Å²) >= 11 is 0. The number of nitrogens with zero attached hydrogens (tertiary/aromatic N) is 2. The van der Waals surface area contributed by atoms with Gasteiger partial charge in [-0.15, -0.1) is 0 Å². The first kappa shape index (κ1) is 14.3. The van der Waals surface area contributed by atoms with Crippen LogP contribution in [0.3, 0.4) is 0 Å². The van der Waals surface area contributed by atoms with Crippen LogP contribution in [-0.2, 0) is 16.4 Å². The molecule has 5 nitrogen and oxygen atoms in total. The molecule has 1 aromatic carbocycles. The van der Waals surface area contributed by atoms with E-state index in [0.29, 0.717) is 19.5 Å². The molecule has 21 heavy (non-hydrogen) atoms. The van der Waals surface area contributed by atoms with Gasteiger partial charge >= 0.3 is 0 Å². The number of hydrogen-bond acceptors (Lipinski definition) is 5. The predicted molar refractivity (Wildman–Crippen MR) is 83.1 cm³/mol. The Hall–Kier alpha value is -1.66. The van der Waals surface area contributed by atoms with Crippen molar-refractivity contribution in [2.45, 2.75) is 13.0 Å². The second-order valence-corrected chi connectivity index (χ2v) is 7.61. The molecule has 0 bridgehead atoms. The molecule has 0 spiro atoms. The number of sulfone groups is 1. The van der Waals surface area contributed by atoms with Crippen LogP contribution < -0.4 is 4.90 Å². The standard InChI is InChI=1S/C15H18N2O3S/c18-11-12-10-16-15(14-5-2-1-4-13(12)14)17-6-3-8-21(19,20)9-7-17/h1-2,4-5,10,18H,3,6-9,11H2. The van der Waals surface area contributed by atoms with Gasteiger partial charge in [-0.2, -0.15) is 0 Å². The van der Waals surface area contributed by atoms with Crippen LogP contribution in [-0.4, -0.2) is 43.1 Å². The summed E-state index contributed by atoms with van der Waals surface area (Å²) in [5.41, 5.74) is 0.789. The van der Waals surface area contributed by atoms with Gasteiger partial charge in [-0.05, 0) is 11.8 Å². The molecule has 2 heterocycles. The molecule has 112 valence electrons. The predicted octanol–water partition coefficient (Wildman–Crippen LogP) is 1.35. The summed E-state index contributed by atoms with van der Waals surface area (Å²) < 4.78 is 23.5. The van der Waals surface area contributed by atoms with Crippen LogP contribution in [0.2, 0.25) is 0 Å². The van der Waals surface area contributed by atoms with Crippen LogP contribution in [0.4, 0.5) is 5.82 Å². The maximum atomic E-state index is 11.7. The number of aromatic nitrogens is 1. The van der Waals surface area contributed by atoms with Gasteiger partial charge in [0.05, 0.1) is 18.1 Å². The molecule has 1 aliphatic heterocycles. The molecule has 0 amide bonds. The van der Waals surface area contributed by atoms with E-state index in [2.05, 4.69) is 4.98 Å². The second kappa shape index (κ2) is 5.61. The molecule has 1 aliphatic rings. The molecule has 0 saturated carbocycles. The zero-order valence-electron chi connectivity index (χ0n) is 11.7. The SMILES string of the molecule is O=S1(=O)CCCN(c2ncc(CO)c3ccccc23)CC1. The maximum Gasteiger partial charge on any atom is 0.152 e. The Kier molecular flexibility index (Phi) is 3.82. The number of pyridine rings is 1. The largest absolute Gasteiger partial charge is 0.392 e. The second-order valence-electron chi connectivity index (χ2n) is 5.30. The Morgan fingerprint density at radius 1 is 1.14 bits per heavy atom. The topological polar surface area (TPSA) is 70.5 Å². The summed E-state index contributed by atoms with van der Waals surface area (Å²) in [6.07, 6.45) is 2.30. The third-order valence-electron chi connectivity index (χ3n) is 3.88. The minimum atomic E-state index is -2.94. The highest BCUT2D eigenvalue weighted by Gasteiger charge is 2.21. The van der Waals surface area contributed by atoms with Crippen molar-refractivity contribution in [2.75, 3.05) is 29.5 Å². The van der Waals surface area contributed by atoms with E-state index in [4.69, 9.17) is 0 Å². The molecule has 1 fully saturated rings. The van der Waals surface area contributed by atoms with Crippen LogP contribution in [0.1, 0.15) is 12.0 Å². The highest BCUT2D eigenvalue weighted by molar-refractivity contribution is 7.91. The Morgan fingerprint density at radius 3 is 2.67 bits per heavy atom. The van der Waals surface area contributed by atoms with Crippen molar-refractivity contribution in [1.82, 2.24) is 4.98 Å². The van der Waals surface area contributed by atoms with Gasteiger partial charge in [0.1, 0.15) is 5.82 Å². The summed E-state index contributed by atoms with van der Waals surface area (Å²) in [7, 11) is -2.94. The molecule has 0 radical (unpaired) electrons. The van der Waals surface area contributed by atoms with Gasteiger partial charge in [-0.3, -0.25) is 0 Å². The van der Waals surface area contributed by atoms with Gasteiger partial charge in [0.25, 0.3) is 0 Å². The minimum Gasteiger partial charge on any atom is -0.392 e. The molecule has 0 aliphatic carbocycles. The first-order valence-electron chi connectivity index (χ1n) is 7.03. The quantitative estimate of drug-likeness (QED) is 0.907. The van der Waals surface area contributed by atoms with Gasteiger partial charge in [-0.1, -0.05) is 24.3 Å². The van der Waals surface area contributed by atoms with E-state index in [1.165, 1.54) is 0 Å². The van der Waals surface area contributed by atoms with E-state index >= 15 is 0 Å². The highest BCUT2D eigenvalue weighted by atomic mass is 32.2. The fourth-order valence-corrected chi connectivity index (χ4v) is 4.04. The molecule has 1 saturated heterocycles. The third-order valence-corrected chi connectivity index (χ3v) is 5.60. The average molecular weight is 306 g/mol. The van der Waals surface area contributed by atoms with Gasteiger partial charge in [-0.25, -0.2) is 13.4 Å². The van der Waals surface area contributed by atoms with Crippen molar-refractivity contribution < 1.29 is 13.5 Å². The van der Waals surface area contributed by atoms with Crippen molar-refractivity contribution >= 4 is 26.4 Å². The lowest BCUT2D eigenvalue weighted by Crippen LogP contribution is -2.27. The van der Waals surface area contributed by atoms with Crippen LogP contribution >= 0.6 is 0 Å². The zero-order chi connectivity index (χ0) is 14.9. The molecule has 3 rings (SSSR count). The molecule has 1 aromatic heterocycles. The Balaban J connectivity index is 2.05. The first-order valence-corrected chi connectivity index (χ1v) is 8.86. The summed E-state index contributed by atoms with van der Waals surface area (Å²) in [6.45, 7) is 1.11. The number of aliphatic hydroxyl groups is 1. The fourth-order valence-electron chi connectivity index (χ4n) is 2.76. The third kappa shape index (κ3) is 2.87. The summed E-state index contributed by atoms with van der Waals surface area (Å²) in [6, 6.07) is 7.79. The van der Waals surface area contributed by atoms with E-state index in [9.17, 15) is 13.5 Å². The molecule has 0 unspecified atom stereocenters. The average Bonchev–Trinajstić information content (AvgIpc) is 2.67. The zero-order valence-corrected chi connectivity index (χ0v) is 12.5. The van der Waals surface area contributed by atoms with Crippen LogP contribution in [0.15, 0.2) is 30.5 Å². The van der Waals surface area contributed by atoms with Crippen molar-refractivity contribution in [3.05, 3.63) is 36.0 Å². The summed E-state index contributed by atoms with van der Waals surface area (Å²) in [5.74, 6) is 1.22. The lowest BCUT2D eigenvalue weighted by Gasteiger charge is -2.23. The number of aliphatic hydroxyl groups excluding tert-OH is 1. The monoisotopic (exact) mass is 306 g/mol. The lowest BCUT2D eigenvalue weighted by atomic mass is 10.1. The Bertz CT molecular complexity index is 759. The number of hydrogen-bond donors (Lipinski definition) is 1.